The first-order valence-electron chi connectivity index (χ1n) is 7.61. The first kappa shape index (κ1) is 15.9. The summed E-state index contributed by atoms with van der Waals surface area (Å²) in [4.78, 5) is 36.8. The Morgan fingerprint density at radius 2 is 1.75 bits per heavy atom. The summed E-state index contributed by atoms with van der Waals surface area (Å²) in [5.74, 6) is -0.348. The predicted molar refractivity (Wildman–Crippen MR) is 92.4 cm³/mol. The van der Waals surface area contributed by atoms with Crippen molar-refractivity contribution >= 4 is 34.9 Å². The highest BCUT2D eigenvalue weighted by molar-refractivity contribution is 6.30. The van der Waals surface area contributed by atoms with Crippen LogP contribution in [0.5, 0.6) is 0 Å². The second-order valence-electron chi connectivity index (χ2n) is 5.98. The molecule has 3 rings (SSSR count). The zero-order chi connectivity index (χ0) is 17.4. The quantitative estimate of drug-likeness (QED) is 0.830. The summed E-state index contributed by atoms with van der Waals surface area (Å²) in [6.45, 7) is 0. The highest BCUT2D eigenvalue weighted by Crippen LogP contribution is 2.23. The van der Waals surface area contributed by atoms with Crippen LogP contribution < -0.4 is 9.89 Å². The normalized spacial score (nSPS) is 21.9. The Hall–Kier alpha value is -2.96. The molecule has 1 unspecified atom stereocenters. The standard InChI is InChI=1S/C17H19N5O2/c1-20(2)12-7-5-11(6-8-12)19-13-9-10-18-15-14(13)16(23)22(4)17(24)21(15)3/h5-10,14H,1-4H3/p+1. The molecule has 1 atom stereocenters. The van der Waals surface area contributed by atoms with E-state index in [1.807, 2.05) is 43.3 Å². The maximum Gasteiger partial charge on any atom is 0.417 e. The number of amidine groups is 1. The topological polar surface area (TPSA) is 70.2 Å². The maximum absolute atomic E-state index is 12.6. The fourth-order valence-electron chi connectivity index (χ4n) is 2.76. The van der Waals surface area contributed by atoms with E-state index >= 15 is 0 Å². The Morgan fingerprint density at radius 1 is 1.08 bits per heavy atom. The van der Waals surface area contributed by atoms with Crippen molar-refractivity contribution in [2.45, 2.75) is 0 Å². The third kappa shape index (κ3) is 2.58. The van der Waals surface area contributed by atoms with Gasteiger partial charge in [0, 0.05) is 32.9 Å². The van der Waals surface area contributed by atoms with Gasteiger partial charge < -0.3 is 4.90 Å². The summed E-state index contributed by atoms with van der Waals surface area (Å²) in [5, 5.41) is 0. The molecule has 0 radical (unpaired) electrons. The highest BCUT2D eigenvalue weighted by Gasteiger charge is 2.49. The van der Waals surface area contributed by atoms with Crippen molar-refractivity contribution in [1.82, 2.24) is 9.80 Å². The van der Waals surface area contributed by atoms with Crippen LogP contribution in [0.1, 0.15) is 0 Å². The molecule has 3 amide bonds. The van der Waals surface area contributed by atoms with Crippen molar-refractivity contribution in [1.29, 1.82) is 0 Å². The molecule has 1 aromatic rings. The van der Waals surface area contributed by atoms with Crippen molar-refractivity contribution in [3.63, 3.8) is 0 Å². The van der Waals surface area contributed by atoms with Gasteiger partial charge in [-0.05, 0) is 24.3 Å². The van der Waals surface area contributed by atoms with Crippen LogP contribution in [0.3, 0.4) is 0 Å². The molecule has 24 heavy (non-hydrogen) atoms. The molecule has 0 saturated carbocycles. The maximum atomic E-state index is 12.6. The zero-order valence-corrected chi connectivity index (χ0v) is 14.1. The number of nitrogens with one attached hydrogen (secondary N) is 1. The van der Waals surface area contributed by atoms with Gasteiger partial charge in [0.1, 0.15) is 0 Å². The second kappa shape index (κ2) is 5.92. The summed E-state index contributed by atoms with van der Waals surface area (Å²) in [6.07, 6.45) is 3.46. The number of hydrogen-bond donors (Lipinski definition) is 1. The number of anilines is 1. The highest BCUT2D eigenvalue weighted by atomic mass is 16.2. The van der Waals surface area contributed by atoms with Crippen LogP contribution >= 0.6 is 0 Å². The average Bonchev–Trinajstić information content (AvgIpc) is 2.58. The number of urea groups is 1. The van der Waals surface area contributed by atoms with Gasteiger partial charge >= 0.3 is 6.03 Å². The number of aliphatic imine (C=N–C) groups is 1. The Morgan fingerprint density at radius 3 is 2.38 bits per heavy atom. The van der Waals surface area contributed by atoms with Crippen LogP contribution in [0.15, 0.2) is 41.5 Å². The zero-order valence-electron chi connectivity index (χ0n) is 14.1. The van der Waals surface area contributed by atoms with Gasteiger partial charge in [-0.2, -0.15) is 4.90 Å². The molecule has 1 aromatic carbocycles. The summed E-state index contributed by atoms with van der Waals surface area (Å²) in [7, 11) is 7.07. The lowest BCUT2D eigenvalue weighted by Crippen LogP contribution is -2.79. The number of carbonyl (C=O) groups excluding carboxylic acids is 2. The third-order valence-electron chi connectivity index (χ3n) is 4.19. The number of benzene rings is 1. The van der Waals surface area contributed by atoms with Gasteiger partial charge in [-0.1, -0.05) is 0 Å². The van der Waals surface area contributed by atoms with Crippen molar-refractivity contribution < 1.29 is 14.6 Å². The number of nitrogens with zero attached hydrogens (tertiary/aromatic N) is 4. The molecule has 0 bridgehead atoms. The largest absolute Gasteiger partial charge is 0.417 e. The molecule has 0 aromatic heterocycles. The Labute approximate surface area is 140 Å². The molecule has 1 saturated heterocycles. The lowest BCUT2D eigenvalue weighted by Gasteiger charge is -2.31. The molecular weight excluding hydrogens is 306 g/mol. The summed E-state index contributed by atoms with van der Waals surface area (Å²) >= 11 is 0. The number of imide groups is 1. The molecular formula is C17H20N5O2+. The van der Waals surface area contributed by atoms with E-state index < -0.39 is 5.92 Å². The number of allylic oxidation sites excluding steroid dienone is 1. The van der Waals surface area contributed by atoms with Crippen molar-refractivity contribution in [2.24, 2.45) is 10.9 Å². The van der Waals surface area contributed by atoms with Crippen LogP contribution in [0, 0.1) is 5.92 Å². The fraction of sp³-hybridized carbons (Fsp3) is 0.294. The van der Waals surface area contributed by atoms with E-state index in [0.717, 1.165) is 16.3 Å². The third-order valence-corrected chi connectivity index (χ3v) is 4.19. The van der Waals surface area contributed by atoms with Crippen molar-refractivity contribution in [3.05, 3.63) is 36.5 Å². The molecule has 7 heteroatoms. The van der Waals surface area contributed by atoms with Gasteiger partial charge in [0.2, 0.25) is 0 Å². The van der Waals surface area contributed by atoms with Crippen molar-refractivity contribution in [2.75, 3.05) is 33.1 Å². The van der Waals surface area contributed by atoms with Gasteiger partial charge in [0.05, 0.1) is 24.6 Å². The van der Waals surface area contributed by atoms with Crippen LogP contribution in [0.4, 0.5) is 16.2 Å². The Bertz CT molecular complexity index is 777. The van der Waals surface area contributed by atoms with E-state index in [0.29, 0.717) is 11.5 Å². The lowest BCUT2D eigenvalue weighted by atomic mass is 9.95. The molecule has 1 N–H and O–H groups in total. The molecule has 0 aliphatic carbocycles. The molecule has 1 fully saturated rings. The van der Waals surface area contributed by atoms with Crippen LogP contribution in [-0.2, 0) is 4.79 Å². The molecule has 2 aliphatic heterocycles. The van der Waals surface area contributed by atoms with Gasteiger partial charge in [-0.15, -0.1) is 0 Å². The summed E-state index contributed by atoms with van der Waals surface area (Å²) < 4.78 is 0. The minimum atomic E-state index is -0.601. The fourth-order valence-corrected chi connectivity index (χ4v) is 2.76. The first-order chi connectivity index (χ1) is 11.4. The van der Waals surface area contributed by atoms with Gasteiger partial charge in [-0.25, -0.2) is 14.7 Å². The molecule has 124 valence electrons. The van der Waals surface area contributed by atoms with E-state index in [9.17, 15) is 9.59 Å². The van der Waals surface area contributed by atoms with E-state index in [-0.39, 0.29) is 11.9 Å². The minimum absolute atomic E-state index is 0.284. The second-order valence-corrected chi connectivity index (χ2v) is 5.98. The lowest BCUT2D eigenvalue weighted by molar-refractivity contribution is -0.382. The first-order valence-corrected chi connectivity index (χ1v) is 7.61. The van der Waals surface area contributed by atoms with Gasteiger partial charge in [0.25, 0.3) is 11.7 Å². The number of amides is 3. The Kier molecular flexibility index (Phi) is 3.92. The van der Waals surface area contributed by atoms with Crippen LogP contribution in [-0.4, -0.2) is 61.5 Å². The van der Waals surface area contributed by atoms with E-state index in [1.54, 1.807) is 19.3 Å². The van der Waals surface area contributed by atoms with E-state index in [1.165, 1.54) is 11.9 Å². The molecule has 0 spiro atoms. The molecule has 2 aliphatic rings. The number of rotatable bonds is 2. The van der Waals surface area contributed by atoms with Gasteiger partial charge in [0.15, 0.2) is 5.92 Å². The predicted octanol–water partition coefficient (Wildman–Crippen LogP) is -0.0285. The Balaban J connectivity index is 1.97. The monoisotopic (exact) mass is 326 g/mol. The summed E-state index contributed by atoms with van der Waals surface area (Å²) in [6, 6.07) is 7.40. The number of fused-ring (bicyclic) bond motifs is 1. The average molecular weight is 326 g/mol. The molecule has 2 heterocycles. The van der Waals surface area contributed by atoms with E-state index in [4.69, 9.17) is 0 Å². The molecule has 7 nitrogen and oxygen atoms in total. The summed E-state index contributed by atoms with van der Waals surface area (Å²) in [5.41, 5.74) is 2.44. The van der Waals surface area contributed by atoms with Crippen LogP contribution in [0.25, 0.3) is 0 Å². The van der Waals surface area contributed by atoms with Gasteiger partial charge in [-0.3, -0.25) is 9.79 Å². The number of hydrogen-bond acceptors (Lipinski definition) is 4. The SMILES string of the molecule is CN1C(=O)C2C(=Nc3ccc(N(C)C)cc3)C=C[NH+]=C2N(C)C1=O. The smallest absolute Gasteiger partial charge is 0.378 e. The van der Waals surface area contributed by atoms with Crippen molar-refractivity contribution in [3.8, 4) is 0 Å². The van der Waals surface area contributed by atoms with E-state index in [2.05, 4.69) is 9.98 Å². The van der Waals surface area contributed by atoms with Crippen LogP contribution in [0.2, 0.25) is 0 Å². The minimum Gasteiger partial charge on any atom is -0.378 e. The number of carbonyl (C=O) groups is 2.